The molecule has 0 aromatic heterocycles. The van der Waals surface area contributed by atoms with Gasteiger partial charge in [0, 0.05) is 6.42 Å². The third kappa shape index (κ3) is 3.13. The second kappa shape index (κ2) is 6.66. The fourth-order valence-electron chi connectivity index (χ4n) is 2.38. The van der Waals surface area contributed by atoms with E-state index in [4.69, 9.17) is 19.6 Å². The van der Waals surface area contributed by atoms with Gasteiger partial charge >= 0.3 is 0 Å². The van der Waals surface area contributed by atoms with Crippen molar-refractivity contribution in [2.75, 3.05) is 20.8 Å². The summed E-state index contributed by atoms with van der Waals surface area (Å²) >= 11 is 0. The molecule has 0 saturated heterocycles. The Hall–Kier alpha value is -1.42. The van der Waals surface area contributed by atoms with Crippen LogP contribution in [0.2, 0.25) is 0 Å². The molecule has 1 aromatic carbocycles. The zero-order chi connectivity index (χ0) is 13.1. The van der Waals surface area contributed by atoms with Gasteiger partial charge in [-0.1, -0.05) is 0 Å². The Balaban J connectivity index is 0.00000180. The van der Waals surface area contributed by atoms with Gasteiger partial charge in [-0.25, -0.2) is 0 Å². The topological polar surface area (TPSA) is 51.5 Å². The lowest BCUT2D eigenvalue weighted by Crippen LogP contribution is -2.21. The second-order valence-electron chi connectivity index (χ2n) is 4.37. The summed E-state index contributed by atoms with van der Waals surface area (Å²) in [5.74, 6) is 2.26. The van der Waals surface area contributed by atoms with Gasteiger partial charge in [0.15, 0.2) is 17.4 Å². The molecule has 0 radical (unpaired) electrons. The minimum atomic E-state index is 0. The fraction of sp³-hybridized carbons (Fsp3) is 0.500. The molecular weight excluding hydrogens is 266 g/mol. The van der Waals surface area contributed by atoms with Crippen molar-refractivity contribution in [1.82, 2.24) is 0 Å². The summed E-state index contributed by atoms with van der Waals surface area (Å²) in [7, 11) is 3.28. The van der Waals surface area contributed by atoms with Crippen LogP contribution in [0.25, 0.3) is 0 Å². The van der Waals surface area contributed by atoms with Gasteiger partial charge in [0.2, 0.25) is 0 Å². The summed E-state index contributed by atoms with van der Waals surface area (Å²) in [4.78, 5) is 0. The van der Waals surface area contributed by atoms with E-state index in [1.807, 2.05) is 19.1 Å². The molecule has 4 nitrogen and oxygen atoms in total. The number of nitrogens with one attached hydrogen (secondary N) is 1. The molecule has 106 valence electrons. The Labute approximate surface area is 120 Å². The Bertz CT molecular complexity index is 462. The van der Waals surface area contributed by atoms with Crippen LogP contribution in [0.15, 0.2) is 12.1 Å². The molecule has 1 unspecified atom stereocenters. The number of hydrogen-bond donors (Lipinski definition) is 1. The van der Waals surface area contributed by atoms with Gasteiger partial charge in [0.25, 0.3) is 0 Å². The van der Waals surface area contributed by atoms with E-state index in [9.17, 15) is 0 Å². The van der Waals surface area contributed by atoms with Crippen LogP contribution in [0.1, 0.15) is 30.4 Å². The van der Waals surface area contributed by atoms with Gasteiger partial charge in [-0.05, 0) is 42.5 Å². The van der Waals surface area contributed by atoms with Crippen LogP contribution in [-0.2, 0) is 11.2 Å². The monoisotopic (exact) mass is 285 g/mol. The molecule has 1 aromatic rings. The van der Waals surface area contributed by atoms with E-state index < -0.39 is 0 Å². The predicted octanol–water partition coefficient (Wildman–Crippen LogP) is 3.17. The Kier molecular flexibility index (Phi) is 5.48. The molecule has 0 saturated carbocycles. The molecule has 1 aliphatic carbocycles. The zero-order valence-electron chi connectivity index (χ0n) is 11.5. The van der Waals surface area contributed by atoms with Gasteiger partial charge in [0.1, 0.15) is 0 Å². The van der Waals surface area contributed by atoms with E-state index in [2.05, 4.69) is 0 Å². The highest BCUT2D eigenvalue weighted by molar-refractivity contribution is 5.85. The van der Waals surface area contributed by atoms with Crippen LogP contribution in [0.3, 0.4) is 0 Å². The molecule has 1 N–H and O–H groups in total. The highest BCUT2D eigenvalue weighted by Crippen LogP contribution is 2.43. The zero-order valence-corrected chi connectivity index (χ0v) is 12.3. The molecule has 0 amide bonds. The number of methoxy groups -OCH3 is 2. The third-order valence-electron chi connectivity index (χ3n) is 3.30. The number of benzene rings is 1. The van der Waals surface area contributed by atoms with Crippen molar-refractivity contribution >= 4 is 18.3 Å². The van der Waals surface area contributed by atoms with Gasteiger partial charge in [0.05, 0.1) is 20.8 Å². The lowest BCUT2D eigenvalue weighted by Gasteiger charge is -2.31. The van der Waals surface area contributed by atoms with Crippen molar-refractivity contribution in [3.63, 3.8) is 0 Å². The van der Waals surface area contributed by atoms with E-state index in [0.717, 1.165) is 17.9 Å². The third-order valence-corrected chi connectivity index (χ3v) is 3.30. The van der Waals surface area contributed by atoms with E-state index >= 15 is 0 Å². The first-order valence-electron chi connectivity index (χ1n) is 6.14. The predicted molar refractivity (Wildman–Crippen MR) is 77.2 cm³/mol. The standard InChI is InChI=1S/C14H19NO3.ClH/c1-4-18-14(15)7-10-5-9-6-12(16-2)13(17-3)8-11(9)10;/h6,8,10,15H,4-5,7H2,1-3H3;1H. The number of halogens is 1. The summed E-state index contributed by atoms with van der Waals surface area (Å²) in [5.41, 5.74) is 2.53. The number of ether oxygens (including phenoxy) is 3. The average molecular weight is 286 g/mol. The molecule has 19 heavy (non-hydrogen) atoms. The van der Waals surface area contributed by atoms with Gasteiger partial charge in [-0.2, -0.15) is 0 Å². The van der Waals surface area contributed by atoms with Crippen LogP contribution in [0.4, 0.5) is 0 Å². The largest absolute Gasteiger partial charge is 0.493 e. The number of fused-ring (bicyclic) bond motifs is 1. The Morgan fingerprint density at radius 3 is 2.47 bits per heavy atom. The molecule has 0 fully saturated rings. The normalized spacial score (nSPS) is 15.6. The second-order valence-corrected chi connectivity index (χ2v) is 4.37. The summed E-state index contributed by atoms with van der Waals surface area (Å²) < 4.78 is 15.8. The highest BCUT2D eigenvalue weighted by Gasteiger charge is 2.29. The van der Waals surface area contributed by atoms with Crippen molar-refractivity contribution in [3.8, 4) is 11.5 Å². The van der Waals surface area contributed by atoms with Crippen molar-refractivity contribution in [3.05, 3.63) is 23.3 Å². The Morgan fingerprint density at radius 2 is 1.89 bits per heavy atom. The first kappa shape index (κ1) is 15.6. The Morgan fingerprint density at radius 1 is 1.26 bits per heavy atom. The van der Waals surface area contributed by atoms with Gasteiger partial charge in [-0.15, -0.1) is 12.4 Å². The maximum atomic E-state index is 7.70. The molecule has 1 atom stereocenters. The van der Waals surface area contributed by atoms with Crippen LogP contribution >= 0.6 is 12.4 Å². The van der Waals surface area contributed by atoms with Crippen LogP contribution in [0, 0.1) is 5.41 Å². The van der Waals surface area contributed by atoms with Gasteiger partial charge < -0.3 is 14.2 Å². The average Bonchev–Trinajstić information content (AvgIpc) is 2.35. The van der Waals surface area contributed by atoms with E-state index in [1.165, 1.54) is 11.1 Å². The maximum absolute atomic E-state index is 7.70. The molecule has 2 rings (SSSR count). The smallest absolute Gasteiger partial charge is 0.180 e. The summed E-state index contributed by atoms with van der Waals surface area (Å²) in [5, 5.41) is 7.70. The summed E-state index contributed by atoms with van der Waals surface area (Å²) in [6, 6.07) is 4.04. The van der Waals surface area contributed by atoms with Crippen molar-refractivity contribution < 1.29 is 14.2 Å². The van der Waals surface area contributed by atoms with Crippen LogP contribution in [-0.4, -0.2) is 26.7 Å². The van der Waals surface area contributed by atoms with E-state index in [0.29, 0.717) is 24.8 Å². The minimum Gasteiger partial charge on any atom is -0.493 e. The summed E-state index contributed by atoms with van der Waals surface area (Å²) in [6.07, 6.45) is 1.64. The van der Waals surface area contributed by atoms with Crippen molar-refractivity contribution in [2.24, 2.45) is 0 Å². The molecular formula is C14H20ClNO3. The van der Waals surface area contributed by atoms with Crippen molar-refractivity contribution in [2.45, 2.75) is 25.7 Å². The number of rotatable bonds is 5. The highest BCUT2D eigenvalue weighted by atomic mass is 35.5. The quantitative estimate of drug-likeness (QED) is 0.668. The summed E-state index contributed by atoms with van der Waals surface area (Å²) in [6.45, 7) is 2.46. The van der Waals surface area contributed by atoms with Gasteiger partial charge in [-0.3, -0.25) is 5.41 Å². The molecule has 1 aliphatic rings. The molecule has 0 bridgehead atoms. The minimum absolute atomic E-state index is 0. The molecule has 0 heterocycles. The van der Waals surface area contributed by atoms with E-state index in [-0.39, 0.29) is 12.4 Å². The first-order valence-corrected chi connectivity index (χ1v) is 6.14. The molecule has 5 heteroatoms. The molecule has 0 aliphatic heterocycles. The SMILES string of the molecule is CCOC(=N)CC1Cc2cc(OC)c(OC)cc21.Cl. The van der Waals surface area contributed by atoms with Crippen molar-refractivity contribution in [1.29, 1.82) is 5.41 Å². The molecule has 0 spiro atoms. The van der Waals surface area contributed by atoms with Crippen LogP contribution in [0.5, 0.6) is 11.5 Å². The fourth-order valence-corrected chi connectivity index (χ4v) is 2.38. The number of hydrogen-bond acceptors (Lipinski definition) is 4. The lowest BCUT2D eigenvalue weighted by atomic mass is 9.75. The van der Waals surface area contributed by atoms with Crippen LogP contribution < -0.4 is 9.47 Å². The maximum Gasteiger partial charge on any atom is 0.180 e. The lowest BCUT2D eigenvalue weighted by molar-refractivity contribution is 0.308. The van der Waals surface area contributed by atoms with E-state index in [1.54, 1.807) is 14.2 Å². The first-order chi connectivity index (χ1) is 8.69.